The van der Waals surface area contributed by atoms with Crippen LogP contribution in [-0.4, -0.2) is 24.7 Å². The van der Waals surface area contributed by atoms with Crippen molar-refractivity contribution in [1.29, 1.82) is 0 Å². The van der Waals surface area contributed by atoms with Crippen molar-refractivity contribution in [1.82, 2.24) is 0 Å². The molecule has 0 radical (unpaired) electrons. The van der Waals surface area contributed by atoms with E-state index in [-0.39, 0.29) is 12.5 Å². The third-order valence-corrected chi connectivity index (χ3v) is 3.37. The monoisotopic (exact) mass is 287 g/mol. The van der Waals surface area contributed by atoms with Crippen molar-refractivity contribution in [2.75, 3.05) is 19.0 Å². The van der Waals surface area contributed by atoms with Gasteiger partial charge in [-0.25, -0.2) is 0 Å². The molecule has 0 saturated heterocycles. The number of rotatable bonds is 3. The van der Waals surface area contributed by atoms with Gasteiger partial charge in [0, 0.05) is 22.7 Å². The Hall–Kier alpha value is -2.29. The van der Waals surface area contributed by atoms with Crippen LogP contribution < -0.4 is 10.1 Å². The maximum atomic E-state index is 12.0. The summed E-state index contributed by atoms with van der Waals surface area (Å²) in [6.07, 6.45) is 0. The molecule has 0 spiro atoms. The lowest BCUT2D eigenvalue weighted by Gasteiger charge is -2.03. The molecule has 0 bridgehead atoms. The Labute approximate surface area is 121 Å². The van der Waals surface area contributed by atoms with E-state index in [1.165, 1.54) is 11.3 Å². The van der Waals surface area contributed by atoms with Crippen LogP contribution >= 0.6 is 11.3 Å². The first-order valence-corrected chi connectivity index (χ1v) is 6.74. The number of carbonyl (C=O) groups is 1. The maximum absolute atomic E-state index is 12.0. The largest absolute Gasteiger partial charge is 0.496 e. The first-order chi connectivity index (χ1) is 9.72. The van der Waals surface area contributed by atoms with Crippen LogP contribution in [0, 0.1) is 11.8 Å². The minimum Gasteiger partial charge on any atom is -0.496 e. The minimum absolute atomic E-state index is 0.189. The first-order valence-electron chi connectivity index (χ1n) is 5.86. The van der Waals surface area contributed by atoms with E-state index in [4.69, 9.17) is 9.84 Å². The van der Waals surface area contributed by atoms with Gasteiger partial charge >= 0.3 is 0 Å². The molecule has 1 heterocycles. The molecule has 2 rings (SSSR count). The Bertz CT molecular complexity index is 667. The number of amides is 1. The van der Waals surface area contributed by atoms with Gasteiger partial charge in [0.05, 0.1) is 12.0 Å². The van der Waals surface area contributed by atoms with E-state index in [0.29, 0.717) is 16.3 Å². The molecular formula is C15H13NO3S. The van der Waals surface area contributed by atoms with Crippen LogP contribution in [0.2, 0.25) is 0 Å². The van der Waals surface area contributed by atoms with Crippen LogP contribution in [0.4, 0.5) is 5.69 Å². The van der Waals surface area contributed by atoms with E-state index >= 15 is 0 Å². The highest BCUT2D eigenvalue weighted by Crippen LogP contribution is 2.22. The molecule has 20 heavy (non-hydrogen) atoms. The van der Waals surface area contributed by atoms with Gasteiger partial charge < -0.3 is 15.2 Å². The number of methoxy groups -OCH3 is 1. The van der Waals surface area contributed by atoms with Gasteiger partial charge in [0.1, 0.15) is 12.4 Å². The summed E-state index contributed by atoms with van der Waals surface area (Å²) in [6, 6.07) is 8.84. The third kappa shape index (κ3) is 3.60. The highest BCUT2D eigenvalue weighted by Gasteiger charge is 2.09. The Morgan fingerprint density at radius 2 is 2.30 bits per heavy atom. The maximum Gasteiger partial charge on any atom is 0.265 e. The molecule has 1 aromatic heterocycles. The standard InChI is InChI=1S/C15H13NO3S/c1-19-13-9-14(20-10-13)15(18)16-12-6-2-4-11(8-12)5-3-7-17/h2,4,6,8-10,17H,7H2,1H3,(H,16,18). The molecule has 1 aromatic carbocycles. The van der Waals surface area contributed by atoms with Gasteiger partial charge in [-0.15, -0.1) is 11.3 Å². The lowest BCUT2D eigenvalue weighted by atomic mass is 10.2. The van der Waals surface area contributed by atoms with Crippen LogP contribution in [0.5, 0.6) is 5.75 Å². The lowest BCUT2D eigenvalue weighted by molar-refractivity contribution is 0.103. The number of aliphatic hydroxyl groups excluding tert-OH is 1. The molecule has 102 valence electrons. The number of thiophene rings is 1. The first kappa shape index (κ1) is 14.1. The molecule has 0 unspecified atom stereocenters. The predicted octanol–water partition coefficient (Wildman–Crippen LogP) is 2.35. The molecule has 4 nitrogen and oxygen atoms in total. The van der Waals surface area contributed by atoms with E-state index in [1.807, 2.05) is 6.07 Å². The summed E-state index contributed by atoms with van der Waals surface area (Å²) in [6.45, 7) is -0.189. The number of carbonyl (C=O) groups excluding carboxylic acids is 1. The van der Waals surface area contributed by atoms with Crippen molar-refractivity contribution in [3.8, 4) is 17.6 Å². The molecule has 0 fully saturated rings. The SMILES string of the molecule is COc1csc(C(=O)Nc2cccc(C#CCO)c2)c1. The van der Waals surface area contributed by atoms with E-state index in [9.17, 15) is 4.79 Å². The van der Waals surface area contributed by atoms with E-state index in [1.54, 1.807) is 36.8 Å². The third-order valence-electron chi connectivity index (χ3n) is 2.47. The number of benzene rings is 1. The second-order valence-corrected chi connectivity index (χ2v) is 4.76. The molecule has 0 aliphatic heterocycles. The number of hydrogen-bond donors (Lipinski definition) is 2. The molecule has 1 amide bonds. The van der Waals surface area contributed by atoms with Crippen LogP contribution in [0.3, 0.4) is 0 Å². The second kappa shape index (κ2) is 6.75. The summed E-state index contributed by atoms with van der Waals surface area (Å²) >= 11 is 1.32. The molecule has 0 saturated carbocycles. The zero-order chi connectivity index (χ0) is 14.4. The van der Waals surface area contributed by atoms with E-state index in [0.717, 1.165) is 5.56 Å². The summed E-state index contributed by atoms with van der Waals surface area (Å²) < 4.78 is 5.05. The smallest absolute Gasteiger partial charge is 0.265 e. The number of nitrogens with one attached hydrogen (secondary N) is 1. The number of hydrogen-bond acceptors (Lipinski definition) is 4. The summed E-state index contributed by atoms with van der Waals surface area (Å²) in [4.78, 5) is 12.6. The van der Waals surface area contributed by atoms with Crippen molar-refractivity contribution >= 4 is 22.9 Å². The summed E-state index contributed by atoms with van der Waals surface area (Å²) in [5.74, 6) is 5.84. The van der Waals surface area contributed by atoms with Crippen LogP contribution in [0.25, 0.3) is 0 Å². The average Bonchev–Trinajstić information content (AvgIpc) is 2.94. The Morgan fingerprint density at radius 3 is 3.00 bits per heavy atom. The normalized spacial score (nSPS) is 9.50. The molecule has 0 aliphatic rings. The van der Waals surface area contributed by atoms with E-state index in [2.05, 4.69) is 17.2 Å². The fourth-order valence-corrected chi connectivity index (χ4v) is 2.30. The Balaban J connectivity index is 2.11. The van der Waals surface area contributed by atoms with Gasteiger partial charge in [0.25, 0.3) is 5.91 Å². The zero-order valence-electron chi connectivity index (χ0n) is 10.8. The van der Waals surface area contributed by atoms with Gasteiger partial charge in [-0.1, -0.05) is 17.9 Å². The average molecular weight is 287 g/mol. The molecule has 2 aromatic rings. The van der Waals surface area contributed by atoms with Gasteiger partial charge in [-0.3, -0.25) is 4.79 Å². The van der Waals surface area contributed by atoms with Crippen LogP contribution in [0.15, 0.2) is 35.7 Å². The molecular weight excluding hydrogens is 274 g/mol. The van der Waals surface area contributed by atoms with Crippen molar-refractivity contribution in [2.24, 2.45) is 0 Å². The van der Waals surface area contributed by atoms with Gasteiger partial charge in [0.15, 0.2) is 0 Å². The highest BCUT2D eigenvalue weighted by atomic mass is 32.1. The van der Waals surface area contributed by atoms with Crippen molar-refractivity contribution in [2.45, 2.75) is 0 Å². The number of aliphatic hydroxyl groups is 1. The van der Waals surface area contributed by atoms with Crippen LogP contribution in [0.1, 0.15) is 15.2 Å². The van der Waals surface area contributed by atoms with Gasteiger partial charge in [-0.05, 0) is 18.2 Å². The summed E-state index contributed by atoms with van der Waals surface area (Å²) in [5, 5.41) is 13.2. The number of anilines is 1. The molecule has 2 N–H and O–H groups in total. The zero-order valence-corrected chi connectivity index (χ0v) is 11.7. The van der Waals surface area contributed by atoms with E-state index < -0.39 is 0 Å². The fraction of sp³-hybridized carbons (Fsp3) is 0.133. The molecule has 0 aliphatic carbocycles. The minimum atomic E-state index is -0.189. The molecule has 5 heteroatoms. The van der Waals surface area contributed by atoms with Crippen LogP contribution in [-0.2, 0) is 0 Å². The topological polar surface area (TPSA) is 58.6 Å². The van der Waals surface area contributed by atoms with Crippen molar-refractivity contribution < 1.29 is 14.6 Å². The summed E-state index contributed by atoms with van der Waals surface area (Å²) in [7, 11) is 1.56. The number of ether oxygens (including phenoxy) is 1. The van der Waals surface area contributed by atoms with Crippen molar-refractivity contribution in [3.05, 3.63) is 46.2 Å². The second-order valence-electron chi connectivity index (χ2n) is 3.85. The summed E-state index contributed by atoms with van der Waals surface area (Å²) in [5.41, 5.74) is 1.40. The van der Waals surface area contributed by atoms with Gasteiger partial charge in [-0.2, -0.15) is 0 Å². The Kier molecular flexibility index (Phi) is 4.77. The van der Waals surface area contributed by atoms with Gasteiger partial charge in [0.2, 0.25) is 0 Å². The molecule has 0 atom stereocenters. The lowest BCUT2D eigenvalue weighted by Crippen LogP contribution is -2.10. The predicted molar refractivity (Wildman–Crippen MR) is 79.2 cm³/mol. The Morgan fingerprint density at radius 1 is 1.45 bits per heavy atom. The fourth-order valence-electron chi connectivity index (χ4n) is 1.55. The van der Waals surface area contributed by atoms with Crippen molar-refractivity contribution in [3.63, 3.8) is 0 Å². The highest BCUT2D eigenvalue weighted by molar-refractivity contribution is 7.12. The quantitative estimate of drug-likeness (QED) is 0.852.